The van der Waals surface area contributed by atoms with Crippen molar-refractivity contribution in [1.29, 1.82) is 0 Å². The minimum Gasteiger partial charge on any atom is -0.324 e. The van der Waals surface area contributed by atoms with Crippen LogP contribution in [0.1, 0.15) is 42.5 Å². The molecule has 1 atom stereocenters. The molecule has 2 N–H and O–H groups in total. The number of pyridine rings is 1. The van der Waals surface area contributed by atoms with Crippen LogP contribution in [0.4, 0.5) is 0 Å². The first-order chi connectivity index (χ1) is 9.06. The van der Waals surface area contributed by atoms with Gasteiger partial charge in [-0.1, -0.05) is 38.1 Å². The molecule has 1 aromatic carbocycles. The quantitative estimate of drug-likeness (QED) is 0.917. The third-order valence-electron chi connectivity index (χ3n) is 3.26. The lowest BCUT2D eigenvalue weighted by Gasteiger charge is -2.13. The van der Waals surface area contributed by atoms with Crippen molar-refractivity contribution in [1.82, 2.24) is 4.98 Å². The molecular formula is C16H19BrN2. The molecule has 0 fully saturated rings. The van der Waals surface area contributed by atoms with E-state index in [0.29, 0.717) is 5.92 Å². The smallest absolute Gasteiger partial charge is 0.0410 e. The topological polar surface area (TPSA) is 38.9 Å². The number of nitrogens with zero attached hydrogens (tertiary/aromatic N) is 1. The van der Waals surface area contributed by atoms with Crippen molar-refractivity contribution in [3.05, 3.63) is 63.9 Å². The van der Waals surface area contributed by atoms with Gasteiger partial charge in [-0.25, -0.2) is 0 Å². The molecule has 0 radical (unpaired) electrons. The van der Waals surface area contributed by atoms with Gasteiger partial charge in [-0.05, 0) is 51.0 Å². The number of hydrogen-bond acceptors (Lipinski definition) is 2. The fraction of sp³-hybridized carbons (Fsp3) is 0.312. The highest BCUT2D eigenvalue weighted by Gasteiger charge is 2.08. The minimum atomic E-state index is -0.0186. The van der Waals surface area contributed by atoms with Crippen molar-refractivity contribution in [2.24, 2.45) is 5.73 Å². The van der Waals surface area contributed by atoms with Crippen LogP contribution >= 0.6 is 15.9 Å². The van der Waals surface area contributed by atoms with Crippen LogP contribution in [0.3, 0.4) is 0 Å². The monoisotopic (exact) mass is 318 g/mol. The minimum absolute atomic E-state index is 0.0186. The average molecular weight is 319 g/mol. The highest BCUT2D eigenvalue weighted by atomic mass is 79.9. The van der Waals surface area contributed by atoms with Crippen LogP contribution in [0.5, 0.6) is 0 Å². The van der Waals surface area contributed by atoms with Crippen LogP contribution < -0.4 is 5.73 Å². The first kappa shape index (κ1) is 14.2. The Morgan fingerprint density at radius 1 is 1.11 bits per heavy atom. The third-order valence-corrected chi connectivity index (χ3v) is 3.69. The van der Waals surface area contributed by atoms with E-state index < -0.39 is 0 Å². The van der Waals surface area contributed by atoms with Crippen molar-refractivity contribution in [3.63, 3.8) is 0 Å². The average Bonchev–Trinajstić information content (AvgIpc) is 2.39. The summed E-state index contributed by atoms with van der Waals surface area (Å²) in [7, 11) is 0. The molecule has 0 bridgehead atoms. The summed E-state index contributed by atoms with van der Waals surface area (Å²) in [4.78, 5) is 4.16. The fourth-order valence-electron chi connectivity index (χ4n) is 2.04. The summed E-state index contributed by atoms with van der Waals surface area (Å²) in [6.45, 7) is 4.40. The van der Waals surface area contributed by atoms with E-state index in [1.807, 2.05) is 12.3 Å². The summed E-state index contributed by atoms with van der Waals surface area (Å²) >= 11 is 3.42. The van der Waals surface area contributed by atoms with E-state index in [1.54, 1.807) is 6.20 Å². The van der Waals surface area contributed by atoms with E-state index in [-0.39, 0.29) is 6.04 Å². The molecule has 19 heavy (non-hydrogen) atoms. The van der Waals surface area contributed by atoms with E-state index in [4.69, 9.17) is 5.73 Å². The Morgan fingerprint density at radius 2 is 1.79 bits per heavy atom. The van der Waals surface area contributed by atoms with Crippen LogP contribution in [0.25, 0.3) is 0 Å². The summed E-state index contributed by atoms with van der Waals surface area (Å²) < 4.78 is 0.968. The maximum atomic E-state index is 6.23. The molecule has 1 heterocycles. The normalized spacial score (nSPS) is 12.7. The van der Waals surface area contributed by atoms with Gasteiger partial charge in [0.25, 0.3) is 0 Å². The van der Waals surface area contributed by atoms with Crippen LogP contribution in [0.15, 0.2) is 47.2 Å². The van der Waals surface area contributed by atoms with Gasteiger partial charge in [-0.15, -0.1) is 0 Å². The Balaban J connectivity index is 2.08. The van der Waals surface area contributed by atoms with Gasteiger partial charge in [0.15, 0.2) is 0 Å². The highest BCUT2D eigenvalue weighted by molar-refractivity contribution is 9.10. The third kappa shape index (κ3) is 3.88. The van der Waals surface area contributed by atoms with Crippen molar-refractivity contribution in [2.75, 3.05) is 0 Å². The van der Waals surface area contributed by atoms with Crippen molar-refractivity contribution in [3.8, 4) is 0 Å². The SMILES string of the molecule is CC(C)c1ccc(CC(N)c2cncc(Br)c2)cc1. The molecule has 2 aromatic rings. The van der Waals surface area contributed by atoms with Gasteiger partial charge < -0.3 is 5.73 Å². The second-order valence-electron chi connectivity index (χ2n) is 5.14. The van der Waals surface area contributed by atoms with Gasteiger partial charge in [-0.2, -0.15) is 0 Å². The molecule has 3 heteroatoms. The van der Waals surface area contributed by atoms with E-state index in [0.717, 1.165) is 16.5 Å². The van der Waals surface area contributed by atoms with Gasteiger partial charge in [0.2, 0.25) is 0 Å². The molecular weight excluding hydrogens is 300 g/mol. The largest absolute Gasteiger partial charge is 0.324 e. The van der Waals surface area contributed by atoms with Crippen LogP contribution in [0, 0.1) is 0 Å². The van der Waals surface area contributed by atoms with Crippen LogP contribution in [-0.4, -0.2) is 4.98 Å². The van der Waals surface area contributed by atoms with Crippen molar-refractivity contribution in [2.45, 2.75) is 32.2 Å². The lowest BCUT2D eigenvalue weighted by Crippen LogP contribution is -2.13. The number of halogens is 1. The number of benzene rings is 1. The number of rotatable bonds is 4. The van der Waals surface area contributed by atoms with Gasteiger partial charge in [0.1, 0.15) is 0 Å². The molecule has 2 rings (SSSR count). The molecule has 0 aliphatic rings. The second-order valence-corrected chi connectivity index (χ2v) is 6.06. The Bertz CT molecular complexity index is 535. The molecule has 1 unspecified atom stereocenters. The zero-order valence-electron chi connectivity index (χ0n) is 11.3. The van der Waals surface area contributed by atoms with Gasteiger partial charge in [0.05, 0.1) is 0 Å². The zero-order valence-corrected chi connectivity index (χ0v) is 12.9. The lowest BCUT2D eigenvalue weighted by atomic mass is 9.97. The summed E-state index contributed by atoms with van der Waals surface area (Å²) in [5, 5.41) is 0. The van der Waals surface area contributed by atoms with Crippen molar-refractivity contribution < 1.29 is 0 Å². The highest BCUT2D eigenvalue weighted by Crippen LogP contribution is 2.20. The summed E-state index contributed by atoms with van der Waals surface area (Å²) in [6, 6.07) is 10.7. The molecule has 0 saturated heterocycles. The first-order valence-corrected chi connectivity index (χ1v) is 7.30. The second kappa shape index (κ2) is 6.31. The van der Waals surface area contributed by atoms with Crippen LogP contribution in [0.2, 0.25) is 0 Å². The number of nitrogens with two attached hydrogens (primary N) is 1. The summed E-state index contributed by atoms with van der Waals surface area (Å²) in [5.74, 6) is 0.567. The maximum Gasteiger partial charge on any atom is 0.0410 e. The zero-order chi connectivity index (χ0) is 13.8. The standard InChI is InChI=1S/C16H19BrN2/c1-11(2)13-5-3-12(4-6-13)7-16(18)14-8-15(17)10-19-9-14/h3-6,8-11,16H,7,18H2,1-2H3. The maximum absolute atomic E-state index is 6.23. The molecule has 0 aliphatic heterocycles. The number of aromatic nitrogens is 1. The van der Waals surface area contributed by atoms with E-state index in [2.05, 4.69) is 59.0 Å². The number of hydrogen-bond donors (Lipinski definition) is 1. The Labute approximate surface area is 123 Å². The molecule has 0 spiro atoms. The van der Waals surface area contributed by atoms with E-state index in [1.165, 1.54) is 11.1 Å². The Morgan fingerprint density at radius 3 is 2.37 bits per heavy atom. The Hall–Kier alpha value is -1.19. The Kier molecular flexibility index (Phi) is 4.72. The van der Waals surface area contributed by atoms with E-state index in [9.17, 15) is 0 Å². The van der Waals surface area contributed by atoms with Crippen LogP contribution in [-0.2, 0) is 6.42 Å². The van der Waals surface area contributed by atoms with Gasteiger partial charge in [0, 0.05) is 22.9 Å². The summed E-state index contributed by atoms with van der Waals surface area (Å²) in [5.41, 5.74) is 9.91. The predicted octanol–water partition coefficient (Wildman–Crippen LogP) is 4.21. The predicted molar refractivity (Wildman–Crippen MR) is 83.1 cm³/mol. The first-order valence-electron chi connectivity index (χ1n) is 6.51. The molecule has 0 amide bonds. The van der Waals surface area contributed by atoms with Crippen molar-refractivity contribution >= 4 is 15.9 Å². The van der Waals surface area contributed by atoms with Gasteiger partial charge >= 0.3 is 0 Å². The lowest BCUT2D eigenvalue weighted by molar-refractivity contribution is 0.716. The summed E-state index contributed by atoms with van der Waals surface area (Å²) in [6.07, 6.45) is 4.43. The fourth-order valence-corrected chi connectivity index (χ4v) is 2.42. The molecule has 0 saturated carbocycles. The molecule has 2 nitrogen and oxygen atoms in total. The van der Waals surface area contributed by atoms with E-state index >= 15 is 0 Å². The molecule has 1 aromatic heterocycles. The molecule has 100 valence electrons. The van der Waals surface area contributed by atoms with Gasteiger partial charge in [-0.3, -0.25) is 4.98 Å². The molecule has 0 aliphatic carbocycles.